The first kappa shape index (κ1) is 24.5. The smallest absolute Gasteiger partial charge is 0.341 e. The molecule has 0 saturated carbocycles. The van der Waals surface area contributed by atoms with Crippen LogP contribution in [-0.4, -0.2) is 31.0 Å². The Kier molecular flexibility index (Phi) is 7.54. The first-order valence-electron chi connectivity index (χ1n) is 9.77. The Hall–Kier alpha value is -3.18. The molecule has 1 heterocycles. The minimum Gasteiger partial charge on any atom is -0.456 e. The molecule has 0 radical (unpaired) electrons. The molecule has 0 bridgehead atoms. The van der Waals surface area contributed by atoms with Gasteiger partial charge in [-0.05, 0) is 42.3 Å². The van der Waals surface area contributed by atoms with E-state index in [-0.39, 0.29) is 18.1 Å². The normalized spacial score (nSPS) is 11.4. The van der Waals surface area contributed by atoms with Crippen molar-refractivity contribution in [2.24, 2.45) is 0 Å². The number of thiazole rings is 1. The van der Waals surface area contributed by atoms with Crippen LogP contribution in [-0.2, 0) is 32.4 Å². The maximum atomic E-state index is 12.6. The van der Waals surface area contributed by atoms with Gasteiger partial charge in [-0.1, -0.05) is 25.1 Å². The fourth-order valence-corrected chi connectivity index (χ4v) is 4.59. The van der Waals surface area contributed by atoms with Gasteiger partial charge >= 0.3 is 11.7 Å². The Balaban J connectivity index is 1.72. The van der Waals surface area contributed by atoms with Gasteiger partial charge in [0.15, 0.2) is 5.13 Å². The lowest BCUT2D eigenvalue weighted by Crippen LogP contribution is -2.23. The highest BCUT2D eigenvalue weighted by Crippen LogP contribution is 2.32. The number of aromatic nitrogens is 1. The fraction of sp³-hybridized carbons (Fsp3) is 0.227. The molecule has 0 atom stereocenters. The van der Waals surface area contributed by atoms with Gasteiger partial charge in [-0.2, -0.15) is 8.78 Å². The number of benzene rings is 2. The van der Waals surface area contributed by atoms with E-state index in [1.54, 1.807) is 5.38 Å². The molecule has 1 aromatic heterocycles. The van der Waals surface area contributed by atoms with Crippen LogP contribution >= 0.6 is 11.3 Å². The minimum atomic E-state index is -4.74. The van der Waals surface area contributed by atoms with Gasteiger partial charge in [-0.25, -0.2) is 18.2 Å². The molecule has 11 heteroatoms. The number of amides is 1. The Bertz CT molecular complexity index is 1260. The second-order valence-electron chi connectivity index (χ2n) is 6.86. The number of hydrogen-bond acceptors (Lipinski definition) is 7. The van der Waals surface area contributed by atoms with Crippen LogP contribution in [0.1, 0.15) is 35.5 Å². The largest absolute Gasteiger partial charge is 0.456 e. The molecule has 0 aliphatic rings. The molecule has 0 unspecified atom stereocenters. The number of sulfone groups is 1. The molecule has 0 saturated heterocycles. The van der Waals surface area contributed by atoms with Gasteiger partial charge in [0.25, 0.3) is 0 Å². The van der Waals surface area contributed by atoms with Crippen molar-refractivity contribution >= 4 is 43.9 Å². The van der Waals surface area contributed by atoms with E-state index in [2.05, 4.69) is 4.98 Å². The first-order valence-corrected chi connectivity index (χ1v) is 12.2. The maximum absolute atomic E-state index is 12.6. The van der Waals surface area contributed by atoms with E-state index in [1.807, 2.05) is 31.2 Å². The van der Waals surface area contributed by atoms with E-state index in [4.69, 9.17) is 4.74 Å². The van der Waals surface area contributed by atoms with Crippen molar-refractivity contribution < 1.29 is 31.5 Å². The number of rotatable bonds is 8. The Labute approximate surface area is 193 Å². The van der Waals surface area contributed by atoms with Crippen LogP contribution in [0.4, 0.5) is 19.6 Å². The molecule has 174 valence electrons. The minimum absolute atomic E-state index is 0.000838. The van der Waals surface area contributed by atoms with E-state index < -0.39 is 26.5 Å². The van der Waals surface area contributed by atoms with E-state index >= 15 is 0 Å². The maximum Gasteiger partial charge on any atom is 0.341 e. The Morgan fingerprint density at radius 2 is 1.79 bits per heavy atom. The highest BCUT2D eigenvalue weighted by atomic mass is 32.2. The van der Waals surface area contributed by atoms with Crippen LogP contribution in [0, 0.1) is 0 Å². The summed E-state index contributed by atoms with van der Waals surface area (Å²) in [5.74, 6) is -4.54. The molecule has 2 aromatic carbocycles. The Morgan fingerprint density at radius 1 is 1.12 bits per heavy atom. The number of alkyl halides is 2. The summed E-state index contributed by atoms with van der Waals surface area (Å²) in [5.41, 5.74) is 2.12. The van der Waals surface area contributed by atoms with Crippen LogP contribution in [0.3, 0.4) is 0 Å². The van der Waals surface area contributed by atoms with E-state index in [0.29, 0.717) is 10.8 Å². The highest BCUT2D eigenvalue weighted by molar-refractivity contribution is 7.91. The van der Waals surface area contributed by atoms with Crippen molar-refractivity contribution in [3.8, 4) is 0 Å². The number of anilines is 2. The van der Waals surface area contributed by atoms with Crippen molar-refractivity contribution in [1.29, 1.82) is 0 Å². The average molecular weight is 495 g/mol. The Morgan fingerprint density at radius 3 is 2.39 bits per heavy atom. The average Bonchev–Trinajstić information content (AvgIpc) is 3.26. The van der Waals surface area contributed by atoms with Crippen LogP contribution < -0.4 is 4.90 Å². The molecule has 3 rings (SSSR count). The fourth-order valence-electron chi connectivity index (χ4n) is 3.01. The van der Waals surface area contributed by atoms with Gasteiger partial charge in [-0.15, -0.1) is 11.3 Å². The molecule has 3 aromatic rings. The molecule has 0 N–H and O–H groups in total. The topological polar surface area (TPSA) is 93.6 Å². The third-order valence-corrected chi connectivity index (χ3v) is 6.94. The van der Waals surface area contributed by atoms with Gasteiger partial charge < -0.3 is 4.74 Å². The molecule has 0 aliphatic heterocycles. The van der Waals surface area contributed by atoms with Crippen LogP contribution in [0.2, 0.25) is 0 Å². The number of aryl methyl sites for hydroxylation is 1. The lowest BCUT2D eigenvalue weighted by molar-refractivity contribution is -0.115. The van der Waals surface area contributed by atoms with Crippen molar-refractivity contribution in [2.75, 3.05) is 4.90 Å². The van der Waals surface area contributed by atoms with Crippen molar-refractivity contribution in [3.05, 3.63) is 70.7 Å². The summed E-state index contributed by atoms with van der Waals surface area (Å²) in [7, 11) is -4.74. The molecule has 7 nitrogen and oxygen atoms in total. The molecule has 33 heavy (non-hydrogen) atoms. The summed E-state index contributed by atoms with van der Waals surface area (Å²) < 4.78 is 53.4. The van der Waals surface area contributed by atoms with E-state index in [1.165, 1.54) is 23.2 Å². The standard InChI is InChI=1S/C22H20F2N2O5S2/c1-3-15-6-4-5-7-19(15)26(14(2)27)22-25-17(13-32-22)12-31-20(28)16-8-10-18(11-9-16)33(29,30)21(23)24/h4-11,13,21H,3,12H2,1-2H3. The van der Waals surface area contributed by atoms with Crippen molar-refractivity contribution in [1.82, 2.24) is 4.98 Å². The quantitative estimate of drug-likeness (QED) is 0.420. The zero-order chi connectivity index (χ0) is 24.2. The SMILES string of the molecule is CCc1ccccc1N(C(C)=O)c1nc(COC(=O)c2ccc(S(=O)(=O)C(F)F)cc2)cs1. The first-order chi connectivity index (χ1) is 15.6. The number of para-hydroxylation sites is 1. The van der Waals surface area contributed by atoms with Gasteiger partial charge in [0.1, 0.15) is 6.61 Å². The molecule has 0 spiro atoms. The van der Waals surface area contributed by atoms with Gasteiger partial charge in [0, 0.05) is 12.3 Å². The summed E-state index contributed by atoms with van der Waals surface area (Å²) in [5, 5.41) is 2.09. The number of nitrogens with zero attached hydrogens (tertiary/aromatic N) is 2. The number of halogens is 2. The van der Waals surface area contributed by atoms with Crippen LogP contribution in [0.5, 0.6) is 0 Å². The van der Waals surface area contributed by atoms with Crippen LogP contribution in [0.25, 0.3) is 0 Å². The molecule has 1 amide bonds. The monoisotopic (exact) mass is 494 g/mol. The summed E-state index contributed by atoms with van der Waals surface area (Å²) in [6, 6.07) is 11.5. The van der Waals surface area contributed by atoms with Gasteiger partial charge in [-0.3, -0.25) is 9.69 Å². The van der Waals surface area contributed by atoms with E-state index in [0.717, 1.165) is 41.9 Å². The number of ether oxygens (including phenoxy) is 1. The number of esters is 1. The highest BCUT2D eigenvalue weighted by Gasteiger charge is 2.26. The number of hydrogen-bond donors (Lipinski definition) is 0. The van der Waals surface area contributed by atoms with Gasteiger partial charge in [0.2, 0.25) is 15.7 Å². The third-order valence-electron chi connectivity index (χ3n) is 4.66. The van der Waals surface area contributed by atoms with Crippen molar-refractivity contribution in [3.63, 3.8) is 0 Å². The lowest BCUT2D eigenvalue weighted by atomic mass is 10.1. The molecule has 0 fully saturated rings. The summed E-state index contributed by atoms with van der Waals surface area (Å²) >= 11 is 1.22. The van der Waals surface area contributed by atoms with Crippen LogP contribution in [0.15, 0.2) is 58.8 Å². The second-order valence-corrected chi connectivity index (χ2v) is 9.62. The number of carbonyl (C=O) groups excluding carboxylic acids is 2. The van der Waals surface area contributed by atoms with E-state index in [9.17, 15) is 26.8 Å². The van der Waals surface area contributed by atoms with Gasteiger partial charge in [0.05, 0.1) is 21.8 Å². The third kappa shape index (κ3) is 5.42. The lowest BCUT2D eigenvalue weighted by Gasteiger charge is -2.20. The van der Waals surface area contributed by atoms with Crippen molar-refractivity contribution in [2.45, 2.75) is 37.5 Å². The number of carbonyl (C=O) groups is 2. The zero-order valence-corrected chi connectivity index (χ0v) is 19.3. The predicted molar refractivity (Wildman–Crippen MR) is 120 cm³/mol. The summed E-state index contributed by atoms with van der Waals surface area (Å²) in [6.07, 6.45) is 0.729. The molecule has 0 aliphatic carbocycles. The molecular formula is C22H20F2N2O5S2. The second kappa shape index (κ2) is 10.2. The zero-order valence-electron chi connectivity index (χ0n) is 17.7. The predicted octanol–water partition coefficient (Wildman–Crippen LogP) is 4.74. The molecular weight excluding hydrogens is 474 g/mol. The summed E-state index contributed by atoms with van der Waals surface area (Å²) in [4.78, 5) is 29.9. The summed E-state index contributed by atoms with van der Waals surface area (Å²) in [6.45, 7) is 3.23.